The van der Waals surface area contributed by atoms with Crippen molar-refractivity contribution in [3.63, 3.8) is 0 Å². The first-order valence-electron chi connectivity index (χ1n) is 12.5. The summed E-state index contributed by atoms with van der Waals surface area (Å²) in [4.78, 5) is 43.8. The minimum atomic E-state index is -0.597. The third kappa shape index (κ3) is 6.45. The van der Waals surface area contributed by atoms with E-state index in [0.717, 1.165) is 16.8 Å². The molecule has 1 aliphatic rings. The highest BCUT2D eigenvalue weighted by atomic mass is 16.6. The summed E-state index contributed by atoms with van der Waals surface area (Å²) in [6.07, 6.45) is -0.424. The number of aliphatic imine (C=N–C) groups is 1. The van der Waals surface area contributed by atoms with Gasteiger partial charge in [0.1, 0.15) is 11.5 Å². The zero-order valence-electron chi connectivity index (χ0n) is 22.0. The van der Waals surface area contributed by atoms with E-state index in [2.05, 4.69) is 10.6 Å². The molecule has 0 radical (unpaired) electrons. The van der Waals surface area contributed by atoms with Crippen LogP contribution in [0.2, 0.25) is 0 Å². The Kier molecular flexibility index (Phi) is 7.90. The van der Waals surface area contributed by atoms with Crippen molar-refractivity contribution < 1.29 is 19.1 Å². The molecule has 3 amide bonds. The van der Waals surface area contributed by atoms with Crippen LogP contribution in [0.1, 0.15) is 44.2 Å². The molecule has 1 heterocycles. The van der Waals surface area contributed by atoms with Crippen molar-refractivity contribution in [2.24, 2.45) is 4.99 Å². The first-order chi connectivity index (χ1) is 18.1. The normalized spacial score (nSPS) is 14.9. The Hall–Kier alpha value is -4.46. The van der Waals surface area contributed by atoms with Crippen LogP contribution in [0.4, 0.5) is 21.9 Å². The Labute approximate surface area is 222 Å². The van der Waals surface area contributed by atoms with Crippen LogP contribution in [0.3, 0.4) is 0 Å². The topological polar surface area (TPSA) is 100 Å². The molecule has 8 nitrogen and oxygen atoms in total. The van der Waals surface area contributed by atoms with Gasteiger partial charge in [-0.3, -0.25) is 14.6 Å². The quantitative estimate of drug-likeness (QED) is 0.413. The number of carbonyl (C=O) groups is 3. The van der Waals surface area contributed by atoms with E-state index in [4.69, 9.17) is 9.73 Å². The van der Waals surface area contributed by atoms with Crippen molar-refractivity contribution in [2.45, 2.75) is 38.7 Å². The molecular weight excluding hydrogens is 480 g/mol. The van der Waals surface area contributed by atoms with E-state index >= 15 is 0 Å². The fourth-order valence-corrected chi connectivity index (χ4v) is 4.17. The largest absolute Gasteiger partial charge is 0.444 e. The highest BCUT2D eigenvalue weighted by molar-refractivity contribution is 6.24. The Balaban J connectivity index is 1.49. The fourth-order valence-electron chi connectivity index (χ4n) is 4.17. The minimum absolute atomic E-state index is 0.115. The number of alkyl carbamates (subject to hydrolysis) is 1. The number of amides is 3. The second-order valence-corrected chi connectivity index (χ2v) is 10.0. The number of fused-ring (bicyclic) bond motifs is 1. The molecule has 0 aliphatic carbocycles. The first-order valence-corrected chi connectivity index (χ1v) is 12.5. The standard InChI is InChI=1S/C30H32N4O4/c1-30(2,3)38-29(37)31-19-18-25(35)34(4)22-16-14-21(15-17-22)32-27(20-10-6-5-7-11-20)26-23-12-8-9-13-24(23)33-28(26)36/h5-17,26H,18-19H2,1-4H3,(H,31,37)(H,33,36). The lowest BCUT2D eigenvalue weighted by Crippen LogP contribution is -2.35. The van der Waals surface area contributed by atoms with Crippen LogP contribution in [-0.4, -0.2) is 42.8 Å². The second-order valence-electron chi connectivity index (χ2n) is 10.0. The number of nitrogens with one attached hydrogen (secondary N) is 2. The third-order valence-corrected chi connectivity index (χ3v) is 6.00. The molecule has 4 rings (SSSR count). The number of hydrogen-bond donors (Lipinski definition) is 2. The molecule has 196 valence electrons. The molecule has 0 spiro atoms. The van der Waals surface area contributed by atoms with Crippen molar-refractivity contribution in [1.29, 1.82) is 0 Å². The van der Waals surface area contributed by atoms with E-state index in [-0.39, 0.29) is 24.8 Å². The molecule has 38 heavy (non-hydrogen) atoms. The van der Waals surface area contributed by atoms with E-state index < -0.39 is 17.6 Å². The average molecular weight is 513 g/mol. The molecule has 0 saturated heterocycles. The lowest BCUT2D eigenvalue weighted by atomic mass is 9.90. The molecule has 1 atom stereocenters. The number of hydrogen-bond acceptors (Lipinski definition) is 5. The summed E-state index contributed by atoms with van der Waals surface area (Å²) in [5.74, 6) is -0.799. The Morgan fingerprint density at radius 3 is 2.32 bits per heavy atom. The van der Waals surface area contributed by atoms with Crippen molar-refractivity contribution in [2.75, 3.05) is 23.8 Å². The molecule has 0 fully saturated rings. The molecule has 0 bridgehead atoms. The number of nitrogens with zero attached hydrogens (tertiary/aromatic N) is 2. The van der Waals surface area contributed by atoms with E-state index in [0.29, 0.717) is 17.1 Å². The molecule has 3 aromatic rings. The summed E-state index contributed by atoms with van der Waals surface area (Å²) in [5.41, 5.74) is 3.95. The Morgan fingerprint density at radius 2 is 1.63 bits per heavy atom. The summed E-state index contributed by atoms with van der Waals surface area (Å²) < 4.78 is 5.19. The highest BCUT2D eigenvalue weighted by Crippen LogP contribution is 2.36. The first kappa shape index (κ1) is 26.6. The summed E-state index contributed by atoms with van der Waals surface area (Å²) in [7, 11) is 1.68. The maximum atomic E-state index is 13.0. The van der Waals surface area contributed by atoms with Gasteiger partial charge in [0.15, 0.2) is 0 Å². The smallest absolute Gasteiger partial charge is 0.407 e. The van der Waals surface area contributed by atoms with Crippen molar-refractivity contribution >= 4 is 40.7 Å². The molecule has 1 aliphatic heterocycles. The minimum Gasteiger partial charge on any atom is -0.444 e. The van der Waals surface area contributed by atoms with Gasteiger partial charge in [-0.2, -0.15) is 0 Å². The lowest BCUT2D eigenvalue weighted by Gasteiger charge is -2.20. The Bertz CT molecular complexity index is 1340. The van der Waals surface area contributed by atoms with Gasteiger partial charge < -0.3 is 20.3 Å². The monoisotopic (exact) mass is 512 g/mol. The average Bonchev–Trinajstić information content (AvgIpc) is 3.22. The van der Waals surface area contributed by atoms with E-state index in [9.17, 15) is 14.4 Å². The van der Waals surface area contributed by atoms with Crippen LogP contribution >= 0.6 is 0 Å². The fraction of sp³-hybridized carbons (Fsp3) is 0.267. The van der Waals surface area contributed by atoms with E-state index in [1.54, 1.807) is 27.8 Å². The number of ether oxygens (including phenoxy) is 1. The van der Waals surface area contributed by atoms with Gasteiger partial charge >= 0.3 is 6.09 Å². The molecule has 0 aromatic heterocycles. The van der Waals surface area contributed by atoms with Crippen LogP contribution in [0, 0.1) is 0 Å². The van der Waals surface area contributed by atoms with Gasteiger partial charge in [0.05, 0.1) is 11.4 Å². The number of benzene rings is 3. The van der Waals surface area contributed by atoms with Crippen LogP contribution < -0.4 is 15.5 Å². The summed E-state index contributed by atoms with van der Waals surface area (Å²) in [5, 5.41) is 5.56. The molecule has 3 aromatic carbocycles. The van der Waals surface area contributed by atoms with Crippen molar-refractivity contribution in [1.82, 2.24) is 5.32 Å². The van der Waals surface area contributed by atoms with Gasteiger partial charge in [-0.25, -0.2) is 4.79 Å². The summed E-state index contributed by atoms with van der Waals surface area (Å²) >= 11 is 0. The lowest BCUT2D eigenvalue weighted by molar-refractivity contribution is -0.118. The third-order valence-electron chi connectivity index (χ3n) is 6.00. The van der Waals surface area contributed by atoms with Gasteiger partial charge in [0.25, 0.3) is 0 Å². The number of anilines is 2. The summed E-state index contributed by atoms with van der Waals surface area (Å²) in [6, 6.07) is 24.6. The molecule has 0 saturated carbocycles. The molecule has 2 N–H and O–H groups in total. The number of para-hydroxylation sites is 1. The zero-order valence-corrected chi connectivity index (χ0v) is 22.0. The predicted octanol–water partition coefficient (Wildman–Crippen LogP) is 5.42. The predicted molar refractivity (Wildman–Crippen MR) is 149 cm³/mol. The van der Waals surface area contributed by atoms with E-state index in [1.807, 2.05) is 78.9 Å². The maximum Gasteiger partial charge on any atom is 0.407 e. The SMILES string of the molecule is CN(C(=O)CCNC(=O)OC(C)(C)C)c1ccc(N=C(c2ccccc2)C2C(=O)Nc3ccccc32)cc1. The maximum absolute atomic E-state index is 13.0. The molecule has 1 unspecified atom stereocenters. The number of rotatable bonds is 7. The molecule has 8 heteroatoms. The van der Waals surface area contributed by atoms with Crippen LogP contribution in [0.25, 0.3) is 0 Å². The van der Waals surface area contributed by atoms with Crippen LogP contribution in [0.5, 0.6) is 0 Å². The number of carbonyl (C=O) groups excluding carboxylic acids is 3. The van der Waals surface area contributed by atoms with Gasteiger partial charge in [-0.1, -0.05) is 48.5 Å². The van der Waals surface area contributed by atoms with Gasteiger partial charge in [-0.05, 0) is 62.2 Å². The zero-order chi connectivity index (χ0) is 27.3. The van der Waals surface area contributed by atoms with Gasteiger partial charge in [-0.15, -0.1) is 0 Å². The van der Waals surface area contributed by atoms with Crippen LogP contribution in [-0.2, 0) is 14.3 Å². The second kappa shape index (κ2) is 11.3. The Morgan fingerprint density at radius 1 is 0.974 bits per heavy atom. The van der Waals surface area contributed by atoms with Gasteiger partial charge in [0, 0.05) is 31.4 Å². The highest BCUT2D eigenvalue weighted by Gasteiger charge is 2.35. The van der Waals surface area contributed by atoms with Crippen LogP contribution in [0.15, 0.2) is 83.9 Å². The molecular formula is C30H32N4O4. The van der Waals surface area contributed by atoms with E-state index in [1.165, 1.54) is 4.90 Å². The van der Waals surface area contributed by atoms with Crippen molar-refractivity contribution in [3.05, 3.63) is 90.0 Å². The van der Waals surface area contributed by atoms with Crippen molar-refractivity contribution in [3.8, 4) is 0 Å². The summed E-state index contributed by atoms with van der Waals surface area (Å²) in [6.45, 7) is 5.52. The van der Waals surface area contributed by atoms with Gasteiger partial charge in [0.2, 0.25) is 11.8 Å².